The van der Waals surface area contributed by atoms with Gasteiger partial charge in [-0.15, -0.1) is 3.89 Å². The van der Waals surface area contributed by atoms with Gasteiger partial charge in [-0.3, -0.25) is 0 Å². The Bertz CT molecular complexity index is 126. The molecule has 0 aromatic carbocycles. The van der Waals surface area contributed by atoms with Crippen LogP contribution < -0.4 is 0 Å². The first-order chi connectivity index (χ1) is 3.06. The van der Waals surface area contributed by atoms with Gasteiger partial charge < -0.3 is 4.12 Å². The van der Waals surface area contributed by atoms with Crippen LogP contribution in [0.4, 0.5) is 3.89 Å². The highest BCUT2D eigenvalue weighted by atomic mass is 32.4. The minimum atomic E-state index is -4.22. The smallest absolute Gasteiger partial charge is 0.327 e. The molecule has 0 fully saturated rings. The van der Waals surface area contributed by atoms with Crippen molar-refractivity contribution in [1.82, 2.24) is 0 Å². The predicted molar refractivity (Wildman–Crippen MR) is 29.6 cm³/mol. The fourth-order valence-electron chi connectivity index (χ4n) is 0.141. The van der Waals surface area contributed by atoms with Gasteiger partial charge in [-0.05, 0) is 0 Å². The molecule has 0 atom stereocenters. The first-order valence-corrected chi connectivity index (χ1v) is 6.15. The minimum absolute atomic E-state index is 0.312. The van der Waals surface area contributed by atoms with Crippen molar-refractivity contribution in [3.63, 3.8) is 0 Å². The molecule has 0 spiro atoms. The lowest BCUT2D eigenvalue weighted by Crippen LogP contribution is -2.05. The molecule has 0 aromatic heterocycles. The molecule has 3 nitrogen and oxygen atoms in total. The minimum Gasteiger partial charge on any atom is -0.455 e. The van der Waals surface area contributed by atoms with Crippen LogP contribution in [0, 0.1) is 0 Å². The molecule has 7 heavy (non-hydrogen) atoms. The molecule has 0 amide bonds. The molecule has 44 valence electrons. The molecule has 0 aliphatic rings. The third-order valence-corrected chi connectivity index (χ3v) is 4.45. The average molecular weight is 160 g/mol. The third-order valence-electron chi connectivity index (χ3n) is 0.259. The molecule has 0 saturated heterocycles. The number of rotatable bonds is 2. The van der Waals surface area contributed by atoms with Crippen molar-refractivity contribution in [1.29, 1.82) is 0 Å². The van der Waals surface area contributed by atoms with E-state index in [1.165, 1.54) is 0 Å². The summed E-state index contributed by atoms with van der Waals surface area (Å²) in [4.78, 5) is 0. The van der Waals surface area contributed by atoms with Gasteiger partial charge in [0.25, 0.3) is 9.67 Å². The lowest BCUT2D eigenvalue weighted by molar-refractivity contribution is 0.558. The van der Waals surface area contributed by atoms with Crippen molar-refractivity contribution in [3.05, 3.63) is 0 Å². The molecular weight excluding hydrogens is 155 g/mol. The zero-order chi connectivity index (χ0) is 5.91. The summed E-state index contributed by atoms with van der Waals surface area (Å²) in [5.74, 6) is 0. The van der Waals surface area contributed by atoms with E-state index < -0.39 is 18.6 Å². The molecule has 0 aromatic rings. The molecule has 0 aliphatic carbocycles. The zero-order valence-corrected chi connectivity index (χ0v) is 7.95. The van der Waals surface area contributed by atoms with E-state index in [2.05, 4.69) is 4.12 Å². The van der Waals surface area contributed by atoms with Crippen LogP contribution in [0.5, 0.6) is 0 Å². The molecule has 0 heterocycles. The standard InChI is InChI=1S/FH5O3SSi2/c1-5(2,3)7-4-6/h7H2,6H3. The Labute approximate surface area is 46.2 Å². The molecular formula is H5FO3SSi2. The van der Waals surface area contributed by atoms with Crippen molar-refractivity contribution in [2.45, 2.75) is 0 Å². The summed E-state index contributed by atoms with van der Waals surface area (Å²) in [6.45, 7) is 0. The van der Waals surface area contributed by atoms with E-state index in [1.807, 2.05) is 0 Å². The predicted octanol–water partition coefficient (Wildman–Crippen LogP) is -2.42. The maximum Gasteiger partial charge on any atom is 0.327 e. The molecule has 7 heteroatoms. The lowest BCUT2D eigenvalue weighted by atomic mass is 15.8. The Morgan fingerprint density at radius 1 is 1.71 bits per heavy atom. The maximum absolute atomic E-state index is 11.3. The van der Waals surface area contributed by atoms with Crippen LogP contribution in [0.25, 0.3) is 0 Å². The average Bonchev–Trinajstić information content (AvgIpc) is 1.30. The van der Waals surface area contributed by atoms with Crippen molar-refractivity contribution in [2.75, 3.05) is 0 Å². The normalized spacial score (nSPS) is 13.9. The van der Waals surface area contributed by atoms with Gasteiger partial charge in [0.2, 0.25) is 0 Å². The topological polar surface area (TPSA) is 43.4 Å². The quantitative estimate of drug-likeness (QED) is 0.333. The lowest BCUT2D eigenvalue weighted by Gasteiger charge is -1.85. The van der Waals surface area contributed by atoms with E-state index >= 15 is 0 Å². The highest BCUT2D eigenvalue weighted by Gasteiger charge is 2.04. The Kier molecular flexibility index (Phi) is 2.65. The Morgan fingerprint density at radius 3 is 2.14 bits per heavy atom. The summed E-state index contributed by atoms with van der Waals surface area (Å²) >= 11 is 0. The summed E-state index contributed by atoms with van der Waals surface area (Å²) in [6.07, 6.45) is 0. The Morgan fingerprint density at radius 2 is 2.14 bits per heavy atom. The molecule has 0 N–H and O–H groups in total. The van der Waals surface area contributed by atoms with E-state index in [-0.39, 0.29) is 0 Å². The van der Waals surface area contributed by atoms with Crippen LogP contribution in [-0.2, 0) is 13.8 Å². The number of hydrogen-bond donors (Lipinski definition) is 0. The van der Waals surface area contributed by atoms with Gasteiger partial charge in [0.1, 0.15) is 10.5 Å². The van der Waals surface area contributed by atoms with Gasteiger partial charge in [-0.25, -0.2) is 8.42 Å². The van der Waals surface area contributed by atoms with E-state index in [4.69, 9.17) is 0 Å². The third kappa shape index (κ3) is 6.27. The summed E-state index contributed by atoms with van der Waals surface area (Å²) in [6, 6.07) is 0. The molecule has 0 radical (unpaired) electrons. The van der Waals surface area contributed by atoms with Crippen LogP contribution in [0.2, 0.25) is 0 Å². The van der Waals surface area contributed by atoms with Crippen LogP contribution in [0.1, 0.15) is 0 Å². The Hall–Kier alpha value is 0.274. The van der Waals surface area contributed by atoms with Crippen molar-refractivity contribution in [2.24, 2.45) is 0 Å². The molecule has 0 bridgehead atoms. The van der Waals surface area contributed by atoms with E-state index in [0.29, 0.717) is 10.5 Å². The fourth-order valence-corrected chi connectivity index (χ4v) is 3.80. The summed E-state index contributed by atoms with van der Waals surface area (Å²) in [7, 11) is -5.78. The van der Waals surface area contributed by atoms with E-state index in [0.717, 1.165) is 0 Å². The van der Waals surface area contributed by atoms with Gasteiger partial charge in [-0.2, -0.15) is 0 Å². The number of halogens is 1. The molecule has 0 saturated carbocycles. The van der Waals surface area contributed by atoms with Crippen LogP contribution in [0.3, 0.4) is 0 Å². The van der Waals surface area contributed by atoms with Gasteiger partial charge in [0.05, 0.1) is 0 Å². The van der Waals surface area contributed by atoms with Crippen LogP contribution in [0.15, 0.2) is 0 Å². The van der Waals surface area contributed by atoms with Gasteiger partial charge in [-0.1, -0.05) is 0 Å². The molecule has 0 rings (SSSR count). The number of hydrogen-bond acceptors (Lipinski definition) is 3. The van der Waals surface area contributed by atoms with Crippen molar-refractivity contribution < 1.29 is 16.4 Å². The van der Waals surface area contributed by atoms with E-state index in [9.17, 15) is 12.3 Å². The maximum atomic E-state index is 11.3. The second-order valence-corrected chi connectivity index (χ2v) is 7.34. The molecule has 0 unspecified atom stereocenters. The first-order valence-electron chi connectivity index (χ1n) is 1.47. The van der Waals surface area contributed by atoms with E-state index in [1.54, 1.807) is 0 Å². The second-order valence-electron chi connectivity index (χ2n) is 0.945. The van der Waals surface area contributed by atoms with Gasteiger partial charge in [0.15, 0.2) is 0 Å². The zero-order valence-electron chi connectivity index (χ0n) is 3.72. The summed E-state index contributed by atoms with van der Waals surface area (Å²) in [5, 5.41) is 0. The second kappa shape index (κ2) is 2.55. The summed E-state index contributed by atoms with van der Waals surface area (Å²) in [5.41, 5.74) is 0. The monoisotopic (exact) mass is 160 g/mol. The van der Waals surface area contributed by atoms with Crippen LogP contribution in [-0.4, -0.2) is 27.8 Å². The van der Waals surface area contributed by atoms with Crippen LogP contribution >= 0.6 is 0 Å². The SMILES string of the molecule is O=S(=O)(F)[SiH2]O[SiH3]. The van der Waals surface area contributed by atoms with Crippen molar-refractivity contribution >= 4 is 29.1 Å². The van der Waals surface area contributed by atoms with Gasteiger partial charge in [0, 0.05) is 0 Å². The highest BCUT2D eigenvalue weighted by molar-refractivity contribution is 8.10. The molecule has 0 aliphatic heterocycles. The Balaban J connectivity index is 3.60. The van der Waals surface area contributed by atoms with Crippen molar-refractivity contribution in [3.8, 4) is 0 Å². The summed E-state index contributed by atoms with van der Waals surface area (Å²) < 4.78 is 34.6. The fraction of sp³-hybridized carbons (Fsp3) is 0. The van der Waals surface area contributed by atoms with Gasteiger partial charge >= 0.3 is 8.91 Å². The first kappa shape index (κ1) is 7.27. The highest BCUT2D eigenvalue weighted by Crippen LogP contribution is 1.83. The largest absolute Gasteiger partial charge is 0.455 e.